The molecule has 434 valence electrons. The third-order valence-corrected chi connectivity index (χ3v) is 11.6. The standard InChI is InChI=1S/C45H64BrN9O11.C3H6O2.3CH4O/c46-38-13-9-36(10-14-38)30-55(17-4-2-5-39(34-58)50-45(66)48-16-27-56)44(65)37-11-7-35(8-12-37)29-49-40(59)6-1-3-15-47-41(60)31-52-20-18-51(26-28-57)19-21-53(32-42(61)62)24-25-54(23-22-52)33-43(63)64;1-2-3(4)5;3*1-2/h7-14,27-28,34,39H,1-6,15-26,29-33H2,(H,47,60)(H,49,59)(H,61,62)(H,63,64)(H2,48,50,66);2H2,1H3,(H,4,5);3*2H,1H3. The van der Waals surface area contributed by atoms with E-state index >= 15 is 0 Å². The Kier molecular flexibility index (Phi) is 44.4. The first-order valence-electron chi connectivity index (χ1n) is 25.0. The van der Waals surface area contributed by atoms with Crippen molar-refractivity contribution >= 4 is 76.4 Å². The fourth-order valence-electron chi connectivity index (χ4n) is 7.12. The number of nitrogens with zero attached hydrogens (tertiary/aromatic N) is 5. The SMILES string of the molecule is CCC(=O)O.CO.CO.CO.O=CCNC(=O)NC(C=O)CCCCN(Cc1ccc(Br)cc1)C(=O)c1ccc(CNC(=O)CCCCNC(=O)CN2CCN(CC=O)CCN(CC(=O)O)CCN(CC(=O)O)CC2)cc1. The van der Waals surface area contributed by atoms with Gasteiger partial charge in [-0.3, -0.25) is 48.4 Å². The Morgan fingerprint density at radius 1 is 0.610 bits per heavy atom. The van der Waals surface area contributed by atoms with Gasteiger partial charge < -0.3 is 71.2 Å². The number of carboxylic acid groups (broad SMARTS) is 3. The highest BCUT2D eigenvalue weighted by Gasteiger charge is 2.21. The first-order chi connectivity index (χ1) is 37.0. The van der Waals surface area contributed by atoms with Gasteiger partial charge in [0.25, 0.3) is 5.91 Å². The number of aliphatic carboxylic acids is 3. The summed E-state index contributed by atoms with van der Waals surface area (Å²) >= 11 is 3.44. The van der Waals surface area contributed by atoms with Crippen molar-refractivity contribution in [3.8, 4) is 0 Å². The molecular weight excluding hydrogens is 1070 g/mol. The summed E-state index contributed by atoms with van der Waals surface area (Å²) < 4.78 is 0.909. The number of aliphatic hydroxyl groups is 3. The third kappa shape index (κ3) is 37.2. The van der Waals surface area contributed by atoms with Gasteiger partial charge in [-0.15, -0.1) is 0 Å². The van der Waals surface area contributed by atoms with Crippen LogP contribution >= 0.6 is 15.9 Å². The Balaban J connectivity index is 0. The molecule has 1 fully saturated rings. The van der Waals surface area contributed by atoms with E-state index in [9.17, 15) is 58.2 Å². The zero-order valence-corrected chi connectivity index (χ0v) is 46.4. The number of carbonyl (C=O) groups excluding carboxylic acids is 7. The second-order valence-electron chi connectivity index (χ2n) is 16.7. The highest BCUT2D eigenvalue weighted by molar-refractivity contribution is 9.10. The van der Waals surface area contributed by atoms with Gasteiger partial charge in [0, 0.05) is 123 Å². The van der Waals surface area contributed by atoms with E-state index in [1.807, 2.05) is 34.1 Å². The van der Waals surface area contributed by atoms with Crippen LogP contribution in [0.15, 0.2) is 53.0 Å². The normalized spacial score (nSPS) is 13.5. The van der Waals surface area contributed by atoms with Gasteiger partial charge in [-0.2, -0.15) is 0 Å². The van der Waals surface area contributed by atoms with Crippen molar-refractivity contribution in [3.05, 3.63) is 69.7 Å². The number of aldehydes is 3. The predicted molar refractivity (Wildman–Crippen MR) is 290 cm³/mol. The first kappa shape index (κ1) is 72.8. The maximum Gasteiger partial charge on any atom is 0.317 e. The molecule has 0 spiro atoms. The molecule has 1 aliphatic heterocycles. The predicted octanol–water partition coefficient (Wildman–Crippen LogP) is 0.126. The van der Waals surface area contributed by atoms with Crippen LogP contribution < -0.4 is 21.3 Å². The summed E-state index contributed by atoms with van der Waals surface area (Å²) in [4.78, 5) is 126. The van der Waals surface area contributed by atoms with E-state index in [4.69, 9.17) is 20.4 Å². The molecule has 25 nitrogen and oxygen atoms in total. The van der Waals surface area contributed by atoms with Crippen LogP contribution in [0.1, 0.15) is 73.4 Å². The van der Waals surface area contributed by atoms with Gasteiger partial charge in [-0.05, 0) is 67.5 Å². The van der Waals surface area contributed by atoms with E-state index in [0.29, 0.717) is 122 Å². The Hall–Kier alpha value is -6.26. The highest BCUT2D eigenvalue weighted by atomic mass is 79.9. The minimum atomic E-state index is -1.01. The van der Waals surface area contributed by atoms with Gasteiger partial charge >= 0.3 is 23.9 Å². The number of carboxylic acids is 3. The maximum absolute atomic E-state index is 13.7. The number of unbranched alkanes of at least 4 members (excludes halogenated alkanes) is 2. The van der Waals surface area contributed by atoms with E-state index in [0.717, 1.165) is 43.2 Å². The molecule has 5 amide bonds. The summed E-state index contributed by atoms with van der Waals surface area (Å²) in [6.45, 7) is 5.70. The molecule has 1 saturated heterocycles. The Morgan fingerprint density at radius 3 is 1.60 bits per heavy atom. The van der Waals surface area contributed by atoms with Crippen molar-refractivity contribution in [2.45, 2.75) is 71.0 Å². The quantitative estimate of drug-likeness (QED) is 0.0400. The number of hydrogen-bond donors (Lipinski definition) is 10. The summed E-state index contributed by atoms with van der Waals surface area (Å²) in [7, 11) is 3.00. The van der Waals surface area contributed by atoms with Gasteiger partial charge in [0.15, 0.2) is 0 Å². The molecule has 0 bridgehead atoms. The lowest BCUT2D eigenvalue weighted by atomic mass is 10.1. The van der Waals surface area contributed by atoms with E-state index in [2.05, 4.69) is 37.2 Å². The molecule has 1 atom stereocenters. The number of nitrogens with one attached hydrogen (secondary N) is 4. The Morgan fingerprint density at radius 2 is 1.12 bits per heavy atom. The van der Waals surface area contributed by atoms with Crippen LogP contribution in [-0.2, 0) is 51.4 Å². The van der Waals surface area contributed by atoms with E-state index in [-0.39, 0.29) is 69.8 Å². The minimum absolute atomic E-state index is 0.0593. The fourth-order valence-corrected chi connectivity index (χ4v) is 7.38. The lowest BCUT2D eigenvalue weighted by Crippen LogP contribution is -2.49. The molecule has 26 heteroatoms. The van der Waals surface area contributed by atoms with Gasteiger partial charge in [0.2, 0.25) is 11.8 Å². The smallest absolute Gasteiger partial charge is 0.317 e. The van der Waals surface area contributed by atoms with Crippen LogP contribution in [0.5, 0.6) is 0 Å². The van der Waals surface area contributed by atoms with Crippen molar-refractivity contribution in [3.63, 3.8) is 0 Å². The van der Waals surface area contributed by atoms with Gasteiger partial charge in [0.1, 0.15) is 18.9 Å². The molecule has 10 N–H and O–H groups in total. The van der Waals surface area contributed by atoms with E-state index in [1.54, 1.807) is 45.9 Å². The van der Waals surface area contributed by atoms with Crippen molar-refractivity contribution in [2.75, 3.05) is 120 Å². The zero-order chi connectivity index (χ0) is 58.4. The lowest BCUT2D eigenvalue weighted by molar-refractivity contribution is -0.140. The molecule has 0 aromatic heterocycles. The Labute approximate surface area is 459 Å². The van der Waals surface area contributed by atoms with Gasteiger partial charge in [0.05, 0.1) is 38.8 Å². The van der Waals surface area contributed by atoms with Gasteiger partial charge in [-0.1, -0.05) is 47.1 Å². The molecule has 77 heavy (non-hydrogen) atoms. The zero-order valence-electron chi connectivity index (χ0n) is 44.8. The maximum atomic E-state index is 13.7. The highest BCUT2D eigenvalue weighted by Crippen LogP contribution is 2.16. The summed E-state index contributed by atoms with van der Waals surface area (Å²) in [6.07, 6.45) is 5.02. The van der Waals surface area contributed by atoms with Crippen LogP contribution in [0.25, 0.3) is 0 Å². The molecular formula is C51H82BrN9O16. The van der Waals surface area contributed by atoms with Crippen LogP contribution in [0.2, 0.25) is 0 Å². The number of hydrogen-bond acceptors (Lipinski definition) is 17. The fraction of sp³-hybridized carbons (Fsp3) is 0.569. The topological polar surface area (TPSA) is 356 Å². The summed E-state index contributed by atoms with van der Waals surface area (Å²) in [6, 6.07) is 13.3. The second-order valence-corrected chi connectivity index (χ2v) is 17.6. The number of amides is 5. The number of urea groups is 1. The molecule has 0 radical (unpaired) electrons. The molecule has 0 saturated carbocycles. The van der Waals surface area contributed by atoms with E-state index in [1.165, 1.54) is 0 Å². The van der Waals surface area contributed by atoms with Crippen molar-refractivity contribution in [1.82, 2.24) is 45.8 Å². The molecule has 1 unspecified atom stereocenters. The number of halogens is 1. The summed E-state index contributed by atoms with van der Waals surface area (Å²) in [5, 5.41) is 58.2. The largest absolute Gasteiger partial charge is 0.481 e. The van der Waals surface area contributed by atoms with Crippen LogP contribution in [0, 0.1) is 0 Å². The number of aliphatic hydroxyl groups excluding tert-OH is 3. The monoisotopic (exact) mass is 1160 g/mol. The molecule has 2 aromatic rings. The average molecular weight is 1160 g/mol. The van der Waals surface area contributed by atoms with Crippen molar-refractivity contribution in [1.29, 1.82) is 0 Å². The van der Waals surface area contributed by atoms with Crippen molar-refractivity contribution in [2.24, 2.45) is 0 Å². The molecule has 1 aliphatic rings. The molecule has 1 heterocycles. The molecule has 2 aromatic carbocycles. The second kappa shape index (κ2) is 47.0. The van der Waals surface area contributed by atoms with Crippen LogP contribution in [0.4, 0.5) is 4.79 Å². The van der Waals surface area contributed by atoms with Crippen molar-refractivity contribution < 1.29 is 78.6 Å². The first-order valence-corrected chi connectivity index (χ1v) is 25.8. The minimum Gasteiger partial charge on any atom is -0.481 e. The number of carbonyl (C=O) groups is 10. The summed E-state index contributed by atoms with van der Waals surface area (Å²) in [5.41, 5.74) is 2.20. The van der Waals surface area contributed by atoms with Crippen LogP contribution in [-0.4, -0.2) is 241 Å². The van der Waals surface area contributed by atoms with Crippen LogP contribution in [0.3, 0.4) is 0 Å². The third-order valence-electron chi connectivity index (χ3n) is 11.1. The molecule has 0 aliphatic carbocycles. The van der Waals surface area contributed by atoms with Gasteiger partial charge in [-0.25, -0.2) is 4.79 Å². The van der Waals surface area contributed by atoms with E-state index < -0.39 is 30.0 Å². The average Bonchev–Trinajstić information content (AvgIpc) is 3.42. The number of benzene rings is 2. The Bertz CT molecular complexity index is 2000. The number of rotatable bonds is 28. The lowest BCUT2D eigenvalue weighted by Gasteiger charge is -2.32. The summed E-state index contributed by atoms with van der Waals surface area (Å²) in [5.74, 6) is -3.31. The molecule has 3 rings (SSSR count).